The number of benzene rings is 2. The molecule has 0 bridgehead atoms. The number of methoxy groups -OCH3 is 1. The highest BCUT2D eigenvalue weighted by atomic mass is 16.5. The Morgan fingerprint density at radius 1 is 1.14 bits per heavy atom. The first kappa shape index (κ1) is 18.7. The van der Waals surface area contributed by atoms with E-state index >= 15 is 0 Å². The van der Waals surface area contributed by atoms with Gasteiger partial charge < -0.3 is 14.4 Å². The van der Waals surface area contributed by atoms with Crippen LogP contribution in [0.2, 0.25) is 0 Å². The van der Waals surface area contributed by atoms with Gasteiger partial charge in [0, 0.05) is 5.56 Å². The minimum atomic E-state index is -0.397. The van der Waals surface area contributed by atoms with Gasteiger partial charge in [-0.05, 0) is 49.5 Å². The fraction of sp³-hybridized carbons (Fsp3) is 0.364. The van der Waals surface area contributed by atoms with Crippen LogP contribution in [0, 0.1) is 5.92 Å². The summed E-state index contributed by atoms with van der Waals surface area (Å²) in [6.45, 7) is 2.45. The molecule has 0 spiro atoms. The van der Waals surface area contributed by atoms with E-state index in [9.17, 15) is 5.11 Å². The lowest BCUT2D eigenvalue weighted by Crippen LogP contribution is -2.35. The highest BCUT2D eigenvalue weighted by Crippen LogP contribution is 2.31. The van der Waals surface area contributed by atoms with E-state index in [1.54, 1.807) is 7.11 Å². The molecular formula is C22H25N3O3. The smallest absolute Gasteiger partial charge is 0.241 e. The molecule has 0 amide bonds. The van der Waals surface area contributed by atoms with Crippen molar-refractivity contribution in [3.8, 4) is 17.1 Å². The second kappa shape index (κ2) is 8.54. The van der Waals surface area contributed by atoms with Gasteiger partial charge in [0.05, 0.1) is 19.8 Å². The van der Waals surface area contributed by atoms with Crippen molar-refractivity contribution >= 4 is 0 Å². The zero-order valence-electron chi connectivity index (χ0n) is 16.0. The molecule has 2 heterocycles. The fourth-order valence-corrected chi connectivity index (χ4v) is 3.74. The largest absolute Gasteiger partial charge is 0.497 e. The molecule has 3 aromatic rings. The molecule has 1 fully saturated rings. The van der Waals surface area contributed by atoms with Crippen LogP contribution in [0.25, 0.3) is 11.4 Å². The first-order chi connectivity index (χ1) is 13.7. The Hall–Kier alpha value is -2.70. The lowest BCUT2D eigenvalue weighted by Gasteiger charge is -2.33. The predicted octanol–water partition coefficient (Wildman–Crippen LogP) is 3.69. The molecule has 2 aromatic carbocycles. The number of likely N-dealkylation sites (tertiary alicyclic amines) is 1. The van der Waals surface area contributed by atoms with E-state index in [-0.39, 0.29) is 5.92 Å². The van der Waals surface area contributed by atoms with E-state index in [0.717, 1.165) is 42.8 Å². The highest BCUT2D eigenvalue weighted by Gasteiger charge is 2.27. The van der Waals surface area contributed by atoms with E-state index in [4.69, 9.17) is 9.26 Å². The van der Waals surface area contributed by atoms with Gasteiger partial charge in [0.1, 0.15) is 5.75 Å². The summed E-state index contributed by atoms with van der Waals surface area (Å²) >= 11 is 0. The summed E-state index contributed by atoms with van der Waals surface area (Å²) in [6, 6.07) is 17.5. The third-order valence-electron chi connectivity index (χ3n) is 5.37. The summed E-state index contributed by atoms with van der Waals surface area (Å²) in [7, 11) is 1.64. The molecule has 1 N–H and O–H groups in total. The summed E-state index contributed by atoms with van der Waals surface area (Å²) in [5.41, 5.74) is 1.87. The van der Waals surface area contributed by atoms with Crippen molar-refractivity contribution in [2.75, 3.05) is 20.2 Å². The maximum atomic E-state index is 10.6. The van der Waals surface area contributed by atoms with Gasteiger partial charge >= 0.3 is 0 Å². The average Bonchev–Trinajstić information content (AvgIpc) is 3.23. The van der Waals surface area contributed by atoms with Crippen LogP contribution in [0.3, 0.4) is 0 Å². The second-order valence-electron chi connectivity index (χ2n) is 7.21. The quantitative estimate of drug-likeness (QED) is 0.704. The minimum absolute atomic E-state index is 0.286. The van der Waals surface area contributed by atoms with Crippen molar-refractivity contribution < 1.29 is 14.4 Å². The first-order valence-electron chi connectivity index (χ1n) is 9.65. The summed E-state index contributed by atoms with van der Waals surface area (Å²) < 4.78 is 10.7. The van der Waals surface area contributed by atoms with Crippen LogP contribution in [0.5, 0.6) is 5.75 Å². The summed E-state index contributed by atoms with van der Waals surface area (Å²) in [5, 5.41) is 14.7. The molecule has 1 saturated heterocycles. The molecule has 1 unspecified atom stereocenters. The van der Waals surface area contributed by atoms with Gasteiger partial charge in [0.15, 0.2) is 0 Å². The molecule has 1 aliphatic heterocycles. The van der Waals surface area contributed by atoms with Crippen LogP contribution in [0.1, 0.15) is 30.4 Å². The molecule has 146 valence electrons. The van der Waals surface area contributed by atoms with Crippen molar-refractivity contribution in [1.82, 2.24) is 15.0 Å². The number of hydrogen-bond donors (Lipinski definition) is 1. The van der Waals surface area contributed by atoms with Crippen molar-refractivity contribution in [3.63, 3.8) is 0 Å². The molecule has 28 heavy (non-hydrogen) atoms. The van der Waals surface area contributed by atoms with Crippen molar-refractivity contribution in [1.29, 1.82) is 0 Å². The molecule has 4 rings (SSSR count). The lowest BCUT2D eigenvalue weighted by atomic mass is 9.87. The Labute approximate surface area is 164 Å². The van der Waals surface area contributed by atoms with Gasteiger partial charge in [-0.25, -0.2) is 0 Å². The normalized spacial score (nSPS) is 16.8. The molecule has 1 aliphatic rings. The van der Waals surface area contributed by atoms with E-state index in [0.29, 0.717) is 18.3 Å². The number of ether oxygens (including phenoxy) is 1. The maximum Gasteiger partial charge on any atom is 0.241 e. The fourth-order valence-electron chi connectivity index (χ4n) is 3.74. The van der Waals surface area contributed by atoms with E-state index in [1.807, 2.05) is 54.6 Å². The molecule has 0 radical (unpaired) electrons. The van der Waals surface area contributed by atoms with Crippen molar-refractivity contribution in [2.45, 2.75) is 25.5 Å². The van der Waals surface area contributed by atoms with Crippen molar-refractivity contribution in [2.24, 2.45) is 5.92 Å². The Balaban J connectivity index is 1.33. The number of piperidine rings is 1. The van der Waals surface area contributed by atoms with Crippen LogP contribution in [-0.4, -0.2) is 40.3 Å². The average molecular weight is 379 g/mol. The summed E-state index contributed by atoms with van der Waals surface area (Å²) in [6.07, 6.45) is 1.51. The van der Waals surface area contributed by atoms with Gasteiger partial charge in [0.2, 0.25) is 11.7 Å². The molecule has 0 aliphatic carbocycles. The van der Waals surface area contributed by atoms with Gasteiger partial charge in [-0.1, -0.05) is 47.6 Å². The van der Waals surface area contributed by atoms with Gasteiger partial charge in [-0.2, -0.15) is 4.98 Å². The van der Waals surface area contributed by atoms with E-state index in [2.05, 4.69) is 15.0 Å². The topological polar surface area (TPSA) is 71.6 Å². The van der Waals surface area contributed by atoms with Gasteiger partial charge in [0.25, 0.3) is 0 Å². The Kier molecular flexibility index (Phi) is 5.69. The third kappa shape index (κ3) is 4.24. The SMILES string of the molecule is COc1cccc(-c2noc(CN3CCC(C(O)c4ccccc4)CC3)n2)c1. The Bertz CT molecular complexity index is 889. The van der Waals surface area contributed by atoms with E-state index in [1.165, 1.54) is 0 Å². The lowest BCUT2D eigenvalue weighted by molar-refractivity contribution is 0.0538. The zero-order chi connectivity index (χ0) is 19.3. The maximum absolute atomic E-state index is 10.6. The number of aliphatic hydroxyl groups is 1. The number of aromatic nitrogens is 2. The first-order valence-corrected chi connectivity index (χ1v) is 9.65. The highest BCUT2D eigenvalue weighted by molar-refractivity contribution is 5.56. The standard InChI is InChI=1S/C22H25N3O3/c1-27-19-9-5-8-18(14-19)22-23-20(28-24-22)15-25-12-10-17(11-13-25)21(26)16-6-3-2-4-7-16/h2-9,14,17,21,26H,10-13,15H2,1H3. The van der Waals surface area contributed by atoms with Gasteiger partial charge in [-0.3, -0.25) is 4.90 Å². The minimum Gasteiger partial charge on any atom is -0.497 e. The zero-order valence-corrected chi connectivity index (χ0v) is 16.0. The number of hydrogen-bond acceptors (Lipinski definition) is 6. The monoisotopic (exact) mass is 379 g/mol. The molecular weight excluding hydrogens is 354 g/mol. The van der Waals surface area contributed by atoms with Crippen LogP contribution in [0.4, 0.5) is 0 Å². The van der Waals surface area contributed by atoms with Crippen LogP contribution in [-0.2, 0) is 6.54 Å². The Morgan fingerprint density at radius 3 is 2.68 bits per heavy atom. The summed E-state index contributed by atoms with van der Waals surface area (Å²) in [5.74, 6) is 2.24. The molecule has 6 heteroatoms. The number of rotatable bonds is 6. The third-order valence-corrected chi connectivity index (χ3v) is 5.37. The van der Waals surface area contributed by atoms with Crippen LogP contribution >= 0.6 is 0 Å². The van der Waals surface area contributed by atoms with Crippen LogP contribution in [0.15, 0.2) is 59.1 Å². The molecule has 1 atom stereocenters. The van der Waals surface area contributed by atoms with Crippen molar-refractivity contribution in [3.05, 3.63) is 66.1 Å². The summed E-state index contributed by atoms with van der Waals surface area (Å²) in [4.78, 5) is 6.83. The second-order valence-corrected chi connectivity index (χ2v) is 7.21. The number of aliphatic hydroxyl groups excluding tert-OH is 1. The molecule has 1 aromatic heterocycles. The van der Waals surface area contributed by atoms with E-state index < -0.39 is 6.10 Å². The molecule has 6 nitrogen and oxygen atoms in total. The molecule has 0 saturated carbocycles. The van der Waals surface area contributed by atoms with Crippen LogP contribution < -0.4 is 4.74 Å². The number of nitrogens with zero attached hydrogens (tertiary/aromatic N) is 3. The Morgan fingerprint density at radius 2 is 1.93 bits per heavy atom. The van der Waals surface area contributed by atoms with Gasteiger partial charge in [-0.15, -0.1) is 0 Å². The predicted molar refractivity (Wildman–Crippen MR) is 106 cm³/mol.